The summed E-state index contributed by atoms with van der Waals surface area (Å²) < 4.78 is 11.2. The maximum absolute atomic E-state index is 12.4. The van der Waals surface area contributed by atoms with Crippen LogP contribution < -0.4 is 5.32 Å². The zero-order valence-corrected chi connectivity index (χ0v) is 16.9. The molecule has 3 heterocycles. The third-order valence-corrected chi connectivity index (χ3v) is 6.63. The molecule has 2 bridgehead atoms. The number of fused-ring (bicyclic) bond motifs is 3. The molecule has 158 valence electrons. The summed E-state index contributed by atoms with van der Waals surface area (Å²) in [5, 5.41) is 22.3. The van der Waals surface area contributed by atoms with Gasteiger partial charge < -0.3 is 19.4 Å². The SMILES string of the molecule is CC(C)(C)OC(=O)N[C@H]1C[C@H](c2nnc([C@@H]3CC4(CC4)[C@H]4CN3C(=O)N4O)o2)C1. The molecule has 0 radical (unpaired) electrons. The van der Waals surface area contributed by atoms with Gasteiger partial charge in [-0.2, -0.15) is 0 Å². The van der Waals surface area contributed by atoms with Crippen LogP contribution in [0.4, 0.5) is 9.59 Å². The van der Waals surface area contributed by atoms with Gasteiger partial charge in [0.1, 0.15) is 11.6 Å². The minimum atomic E-state index is -0.524. The summed E-state index contributed by atoms with van der Waals surface area (Å²) in [4.78, 5) is 25.9. The predicted octanol–water partition coefficient (Wildman–Crippen LogP) is 2.56. The van der Waals surface area contributed by atoms with Crippen LogP contribution in [-0.4, -0.2) is 61.7 Å². The highest BCUT2D eigenvalue weighted by atomic mass is 16.6. The van der Waals surface area contributed by atoms with Gasteiger partial charge in [0.05, 0.1) is 6.04 Å². The van der Waals surface area contributed by atoms with Crippen molar-refractivity contribution in [2.75, 3.05) is 6.54 Å². The Kier molecular flexibility index (Phi) is 3.90. The number of aromatic nitrogens is 2. The van der Waals surface area contributed by atoms with Crippen LogP contribution in [-0.2, 0) is 4.74 Å². The van der Waals surface area contributed by atoms with Crippen molar-refractivity contribution in [3.05, 3.63) is 11.8 Å². The van der Waals surface area contributed by atoms with E-state index in [2.05, 4.69) is 15.5 Å². The summed E-state index contributed by atoms with van der Waals surface area (Å²) >= 11 is 0. The summed E-state index contributed by atoms with van der Waals surface area (Å²) in [6, 6.07) is -0.761. The van der Waals surface area contributed by atoms with Crippen LogP contribution in [0.1, 0.15) is 76.6 Å². The second-order valence-electron chi connectivity index (χ2n) is 9.87. The third-order valence-electron chi connectivity index (χ3n) is 6.63. The Balaban J connectivity index is 1.21. The largest absolute Gasteiger partial charge is 0.444 e. The molecule has 2 saturated heterocycles. The molecule has 2 aliphatic carbocycles. The van der Waals surface area contributed by atoms with E-state index in [0.717, 1.165) is 24.3 Å². The molecule has 1 aromatic heterocycles. The van der Waals surface area contributed by atoms with E-state index < -0.39 is 11.7 Å². The number of piperidine rings is 1. The Morgan fingerprint density at radius 3 is 2.62 bits per heavy atom. The average Bonchev–Trinajstić information content (AvgIpc) is 3.09. The second-order valence-corrected chi connectivity index (χ2v) is 9.87. The van der Waals surface area contributed by atoms with E-state index in [1.54, 1.807) is 4.90 Å². The van der Waals surface area contributed by atoms with Crippen LogP contribution in [0, 0.1) is 5.41 Å². The average molecular weight is 405 g/mol. The van der Waals surface area contributed by atoms with Gasteiger partial charge in [-0.05, 0) is 58.3 Å². The van der Waals surface area contributed by atoms with Crippen LogP contribution in [0.2, 0.25) is 0 Å². The molecule has 2 saturated carbocycles. The zero-order valence-electron chi connectivity index (χ0n) is 16.9. The molecule has 1 aromatic rings. The molecule has 4 fully saturated rings. The topological polar surface area (TPSA) is 121 Å². The number of hydroxylamine groups is 2. The van der Waals surface area contributed by atoms with E-state index in [9.17, 15) is 14.8 Å². The minimum Gasteiger partial charge on any atom is -0.444 e. The molecule has 2 atom stereocenters. The number of nitrogens with one attached hydrogen (secondary N) is 1. The van der Waals surface area contributed by atoms with Gasteiger partial charge in [0.15, 0.2) is 0 Å². The molecule has 10 nitrogen and oxygen atoms in total. The number of ether oxygens (including phenoxy) is 1. The van der Waals surface area contributed by atoms with E-state index in [-0.39, 0.29) is 35.5 Å². The molecule has 4 aliphatic rings. The first-order valence-corrected chi connectivity index (χ1v) is 10.3. The smallest absolute Gasteiger partial charge is 0.407 e. The van der Waals surface area contributed by atoms with E-state index in [1.807, 2.05) is 20.8 Å². The number of amides is 3. The normalized spacial score (nSPS) is 32.3. The Bertz CT molecular complexity index is 838. The van der Waals surface area contributed by atoms with Crippen molar-refractivity contribution in [3.8, 4) is 0 Å². The second kappa shape index (κ2) is 6.07. The first kappa shape index (κ1) is 18.7. The zero-order chi connectivity index (χ0) is 20.6. The van der Waals surface area contributed by atoms with Gasteiger partial charge in [0.25, 0.3) is 0 Å². The Morgan fingerprint density at radius 1 is 1.28 bits per heavy atom. The predicted molar refractivity (Wildman–Crippen MR) is 98.0 cm³/mol. The van der Waals surface area contributed by atoms with Gasteiger partial charge in [-0.15, -0.1) is 10.2 Å². The van der Waals surface area contributed by atoms with Crippen LogP contribution in [0.15, 0.2) is 4.42 Å². The molecule has 2 aliphatic heterocycles. The van der Waals surface area contributed by atoms with E-state index in [4.69, 9.17) is 9.15 Å². The highest BCUT2D eigenvalue weighted by Crippen LogP contribution is 2.61. The van der Waals surface area contributed by atoms with Gasteiger partial charge in [0.2, 0.25) is 11.8 Å². The monoisotopic (exact) mass is 405 g/mol. The standard InChI is InChI=1S/C19H27N5O5/c1-18(2,3)29-16(25)20-11-6-10(7-11)14-21-22-15(28-14)12-8-19(4-5-19)13-9-23(12)17(26)24(13)27/h10-13,27H,4-9H2,1-3H3,(H,20,25)/t10-,11-,12-,13+/m0/s1. The van der Waals surface area contributed by atoms with Crippen molar-refractivity contribution >= 4 is 12.1 Å². The molecule has 2 N–H and O–H groups in total. The number of hydrogen-bond donors (Lipinski definition) is 2. The molecule has 29 heavy (non-hydrogen) atoms. The lowest BCUT2D eigenvalue weighted by Crippen LogP contribution is -2.45. The first-order chi connectivity index (χ1) is 13.7. The molecular weight excluding hydrogens is 378 g/mol. The number of alkyl carbamates (subject to hydrolysis) is 1. The highest BCUT2D eigenvalue weighted by Gasteiger charge is 2.63. The summed E-state index contributed by atoms with van der Waals surface area (Å²) in [5.41, 5.74) is -0.542. The van der Waals surface area contributed by atoms with Gasteiger partial charge in [0, 0.05) is 18.5 Å². The Morgan fingerprint density at radius 2 is 1.97 bits per heavy atom. The molecule has 5 rings (SSSR count). The molecule has 3 amide bonds. The van der Waals surface area contributed by atoms with Crippen molar-refractivity contribution in [1.82, 2.24) is 25.5 Å². The fraction of sp³-hybridized carbons (Fsp3) is 0.789. The number of rotatable bonds is 3. The third kappa shape index (κ3) is 3.13. The number of hydrogen-bond acceptors (Lipinski definition) is 7. The quantitative estimate of drug-likeness (QED) is 0.741. The fourth-order valence-electron chi connectivity index (χ4n) is 4.83. The van der Waals surface area contributed by atoms with Crippen LogP contribution in [0.3, 0.4) is 0 Å². The van der Waals surface area contributed by atoms with Crippen LogP contribution in [0.5, 0.6) is 0 Å². The van der Waals surface area contributed by atoms with E-state index in [0.29, 0.717) is 31.2 Å². The lowest BCUT2D eigenvalue weighted by Gasteiger charge is -2.35. The number of nitrogens with zero attached hydrogens (tertiary/aromatic N) is 4. The van der Waals surface area contributed by atoms with Crippen molar-refractivity contribution < 1.29 is 24.0 Å². The molecular formula is C19H27N5O5. The highest BCUT2D eigenvalue weighted by molar-refractivity contribution is 5.77. The maximum atomic E-state index is 12.4. The van der Waals surface area contributed by atoms with Crippen molar-refractivity contribution in [3.63, 3.8) is 0 Å². The molecule has 10 heteroatoms. The van der Waals surface area contributed by atoms with Crippen molar-refractivity contribution in [1.29, 1.82) is 0 Å². The lowest BCUT2D eigenvalue weighted by atomic mass is 9.80. The molecule has 0 aromatic carbocycles. The van der Waals surface area contributed by atoms with Crippen molar-refractivity contribution in [2.45, 2.75) is 82.5 Å². The summed E-state index contributed by atoms with van der Waals surface area (Å²) in [5.74, 6) is 1.07. The minimum absolute atomic E-state index is 0.0182. The number of urea groups is 1. The number of carbonyl (C=O) groups excluding carboxylic acids is 2. The summed E-state index contributed by atoms with van der Waals surface area (Å²) in [6.07, 6.45) is 3.77. The maximum Gasteiger partial charge on any atom is 0.407 e. The van der Waals surface area contributed by atoms with Crippen molar-refractivity contribution in [2.24, 2.45) is 5.41 Å². The fourth-order valence-corrected chi connectivity index (χ4v) is 4.83. The van der Waals surface area contributed by atoms with Gasteiger partial charge >= 0.3 is 12.1 Å². The van der Waals surface area contributed by atoms with Crippen LogP contribution >= 0.6 is 0 Å². The lowest BCUT2D eigenvalue weighted by molar-refractivity contribution is -0.0783. The Labute approximate surface area is 168 Å². The summed E-state index contributed by atoms with van der Waals surface area (Å²) in [7, 11) is 0. The Hall–Kier alpha value is -2.36. The van der Waals surface area contributed by atoms with Gasteiger partial charge in [-0.1, -0.05) is 0 Å². The van der Waals surface area contributed by atoms with Gasteiger partial charge in [-0.3, -0.25) is 5.21 Å². The van der Waals surface area contributed by atoms with E-state index in [1.165, 1.54) is 0 Å². The first-order valence-electron chi connectivity index (χ1n) is 10.3. The van der Waals surface area contributed by atoms with E-state index >= 15 is 0 Å². The molecule has 1 spiro atoms. The number of carbonyl (C=O) groups is 2. The molecule has 0 unspecified atom stereocenters. The summed E-state index contributed by atoms with van der Waals surface area (Å²) in [6.45, 7) is 5.99. The van der Waals surface area contributed by atoms with Gasteiger partial charge in [-0.25, -0.2) is 14.7 Å². The van der Waals surface area contributed by atoms with Crippen LogP contribution in [0.25, 0.3) is 0 Å².